The number of rotatable bonds is 7. The fourth-order valence-corrected chi connectivity index (χ4v) is 3.75. The van der Waals surface area contributed by atoms with Gasteiger partial charge in [-0.3, -0.25) is 9.59 Å². The van der Waals surface area contributed by atoms with E-state index in [1.807, 2.05) is 25.1 Å². The summed E-state index contributed by atoms with van der Waals surface area (Å²) >= 11 is 0. The van der Waals surface area contributed by atoms with Crippen LogP contribution in [-0.4, -0.2) is 34.8 Å². The molecule has 0 saturated heterocycles. The number of carbonyl (C=O) groups is 2. The van der Waals surface area contributed by atoms with Crippen LogP contribution >= 0.6 is 0 Å². The van der Waals surface area contributed by atoms with Crippen molar-refractivity contribution >= 4 is 23.2 Å². The van der Waals surface area contributed by atoms with Crippen LogP contribution in [0, 0.1) is 5.92 Å². The average Bonchev–Trinajstić information content (AvgIpc) is 3.36. The van der Waals surface area contributed by atoms with Gasteiger partial charge in [-0.05, 0) is 54.4 Å². The molecule has 2 amide bonds. The first kappa shape index (κ1) is 22.1. The number of furan rings is 1. The molecular weight excluding hydrogens is 422 g/mol. The topological polar surface area (TPSA) is 104 Å². The van der Waals surface area contributed by atoms with Crippen LogP contribution in [0.2, 0.25) is 0 Å². The Bertz CT molecular complexity index is 1170. The van der Waals surface area contributed by atoms with Gasteiger partial charge in [0.1, 0.15) is 0 Å². The van der Waals surface area contributed by atoms with Gasteiger partial charge in [-0.25, -0.2) is 5.01 Å². The monoisotopic (exact) mass is 447 g/mol. The van der Waals surface area contributed by atoms with E-state index in [9.17, 15) is 14.7 Å². The summed E-state index contributed by atoms with van der Waals surface area (Å²) in [5.41, 5.74) is 3.01. The van der Waals surface area contributed by atoms with Gasteiger partial charge in [0.25, 0.3) is 5.91 Å². The van der Waals surface area contributed by atoms with Gasteiger partial charge in [0, 0.05) is 23.6 Å². The fourth-order valence-electron chi connectivity index (χ4n) is 3.75. The Morgan fingerprint density at radius 2 is 2.03 bits per heavy atom. The average molecular weight is 447 g/mol. The third-order valence-electron chi connectivity index (χ3n) is 5.58. The van der Waals surface area contributed by atoms with E-state index in [4.69, 9.17) is 9.15 Å². The van der Waals surface area contributed by atoms with E-state index in [0.29, 0.717) is 24.4 Å². The van der Waals surface area contributed by atoms with Crippen molar-refractivity contribution in [3.05, 3.63) is 77.7 Å². The normalized spacial score (nSPS) is 15.8. The molecule has 0 bridgehead atoms. The van der Waals surface area contributed by atoms with Crippen LogP contribution in [-0.2, 0) is 11.3 Å². The summed E-state index contributed by atoms with van der Waals surface area (Å²) in [6, 6.07) is 15.6. The molecule has 0 spiro atoms. The number of amides is 2. The van der Waals surface area contributed by atoms with Gasteiger partial charge in [0.15, 0.2) is 17.3 Å². The molecule has 1 aliphatic rings. The predicted molar refractivity (Wildman–Crippen MR) is 123 cm³/mol. The predicted octanol–water partition coefficient (Wildman–Crippen LogP) is 4.41. The molecule has 2 heterocycles. The number of hydrogen-bond acceptors (Lipinski definition) is 6. The molecule has 2 aromatic carbocycles. The van der Waals surface area contributed by atoms with Crippen LogP contribution in [0.5, 0.6) is 11.5 Å². The van der Waals surface area contributed by atoms with Gasteiger partial charge < -0.3 is 19.6 Å². The number of nitrogens with one attached hydrogen (secondary N) is 1. The van der Waals surface area contributed by atoms with Crippen molar-refractivity contribution in [3.63, 3.8) is 0 Å². The number of aromatic hydroxyl groups is 1. The number of nitrogens with zero attached hydrogens (tertiary/aromatic N) is 2. The van der Waals surface area contributed by atoms with Crippen molar-refractivity contribution in [3.8, 4) is 11.5 Å². The van der Waals surface area contributed by atoms with Crippen molar-refractivity contribution < 1.29 is 23.8 Å². The molecule has 0 fully saturated rings. The molecular formula is C25H25N3O5. The second-order valence-electron chi connectivity index (χ2n) is 7.76. The molecule has 1 aliphatic heterocycles. The summed E-state index contributed by atoms with van der Waals surface area (Å²) in [7, 11) is 1.50. The van der Waals surface area contributed by atoms with Crippen LogP contribution in [0.1, 0.15) is 41.4 Å². The van der Waals surface area contributed by atoms with Gasteiger partial charge in [0.05, 0.1) is 25.6 Å². The first-order valence-corrected chi connectivity index (χ1v) is 10.7. The van der Waals surface area contributed by atoms with E-state index < -0.39 is 0 Å². The first-order chi connectivity index (χ1) is 16.0. The van der Waals surface area contributed by atoms with E-state index >= 15 is 0 Å². The Morgan fingerprint density at radius 3 is 2.67 bits per heavy atom. The molecule has 8 heteroatoms. The fraction of sp³-hybridized carbons (Fsp3) is 0.240. The van der Waals surface area contributed by atoms with E-state index in [-0.39, 0.29) is 29.2 Å². The second-order valence-corrected chi connectivity index (χ2v) is 7.76. The van der Waals surface area contributed by atoms with Gasteiger partial charge >= 0.3 is 0 Å². The van der Waals surface area contributed by atoms with E-state index in [1.54, 1.807) is 36.4 Å². The molecule has 1 atom stereocenters. The second kappa shape index (κ2) is 9.60. The lowest BCUT2D eigenvalue weighted by atomic mass is 9.89. The molecule has 8 nitrogen and oxygen atoms in total. The third kappa shape index (κ3) is 4.90. The Kier molecular flexibility index (Phi) is 6.44. The molecule has 1 unspecified atom stereocenters. The summed E-state index contributed by atoms with van der Waals surface area (Å²) in [5.74, 6) is 0.231. The van der Waals surface area contributed by atoms with Crippen molar-refractivity contribution in [2.75, 3.05) is 12.4 Å². The summed E-state index contributed by atoms with van der Waals surface area (Å²) in [4.78, 5) is 24.9. The largest absolute Gasteiger partial charge is 0.504 e. The van der Waals surface area contributed by atoms with Crippen LogP contribution in [0.3, 0.4) is 0 Å². The molecule has 2 N–H and O–H groups in total. The van der Waals surface area contributed by atoms with E-state index in [0.717, 1.165) is 23.3 Å². The van der Waals surface area contributed by atoms with Gasteiger partial charge in [-0.2, -0.15) is 5.10 Å². The highest BCUT2D eigenvalue weighted by molar-refractivity contribution is 6.06. The lowest BCUT2D eigenvalue weighted by molar-refractivity contribution is -0.133. The highest BCUT2D eigenvalue weighted by Crippen LogP contribution is 2.31. The molecule has 1 aromatic heterocycles. The molecule has 4 rings (SSSR count). The minimum atomic E-state index is -0.332. The number of phenols is 1. The third-order valence-corrected chi connectivity index (χ3v) is 5.58. The first-order valence-electron chi connectivity index (χ1n) is 10.7. The van der Waals surface area contributed by atoms with Gasteiger partial charge in [-0.15, -0.1) is 0 Å². The highest BCUT2D eigenvalue weighted by atomic mass is 16.5. The molecule has 33 heavy (non-hydrogen) atoms. The maximum Gasteiger partial charge on any atom is 0.291 e. The lowest BCUT2D eigenvalue weighted by Gasteiger charge is -2.29. The Morgan fingerprint density at radius 1 is 1.24 bits per heavy atom. The highest BCUT2D eigenvalue weighted by Gasteiger charge is 2.29. The number of anilines is 1. The van der Waals surface area contributed by atoms with E-state index in [1.165, 1.54) is 18.4 Å². The van der Waals surface area contributed by atoms with Crippen LogP contribution in [0.4, 0.5) is 5.69 Å². The summed E-state index contributed by atoms with van der Waals surface area (Å²) < 4.78 is 10.2. The maximum absolute atomic E-state index is 12.7. The number of benzene rings is 2. The zero-order valence-corrected chi connectivity index (χ0v) is 18.4. The standard InChI is InChI=1S/C25H25N3O5/c1-3-17-14-23(30)28(27-24(17)18-8-11-21(32-2)20(29)13-18)15-16-6-9-19(10-7-16)26-25(31)22-5-4-12-33-22/h4-13,17,29H,3,14-15H2,1-2H3,(H,26,31). The van der Waals surface area contributed by atoms with Crippen molar-refractivity contribution in [2.24, 2.45) is 11.0 Å². The molecule has 0 aliphatic carbocycles. The van der Waals surface area contributed by atoms with Crippen molar-refractivity contribution in [2.45, 2.75) is 26.3 Å². The molecule has 3 aromatic rings. The quantitative estimate of drug-likeness (QED) is 0.558. The van der Waals surface area contributed by atoms with Crippen LogP contribution in [0.15, 0.2) is 70.4 Å². The Hall–Kier alpha value is -4.07. The van der Waals surface area contributed by atoms with Gasteiger partial charge in [0.2, 0.25) is 5.91 Å². The van der Waals surface area contributed by atoms with E-state index in [2.05, 4.69) is 10.4 Å². The zero-order valence-electron chi connectivity index (χ0n) is 18.4. The Labute approximate surface area is 191 Å². The minimum Gasteiger partial charge on any atom is -0.504 e. The van der Waals surface area contributed by atoms with Gasteiger partial charge in [-0.1, -0.05) is 19.1 Å². The number of hydrazone groups is 1. The smallest absolute Gasteiger partial charge is 0.291 e. The molecule has 0 radical (unpaired) electrons. The number of phenolic OH excluding ortho intramolecular Hbond substituents is 1. The number of hydrogen-bond donors (Lipinski definition) is 2. The summed E-state index contributed by atoms with van der Waals surface area (Å²) in [6.45, 7) is 2.32. The molecule has 0 saturated carbocycles. The number of ether oxygens (including phenoxy) is 1. The van der Waals surface area contributed by atoms with Crippen LogP contribution in [0.25, 0.3) is 0 Å². The maximum atomic E-state index is 12.7. The van der Waals surface area contributed by atoms with Crippen LogP contribution < -0.4 is 10.1 Å². The SMILES string of the molecule is CCC1CC(=O)N(Cc2ccc(NC(=O)c3ccco3)cc2)N=C1c1ccc(OC)c(O)c1. The lowest BCUT2D eigenvalue weighted by Crippen LogP contribution is -2.36. The number of carbonyl (C=O) groups excluding carboxylic acids is 2. The zero-order chi connectivity index (χ0) is 23.4. The summed E-state index contributed by atoms with van der Waals surface area (Å²) in [6.07, 6.45) is 2.55. The molecule has 170 valence electrons. The Balaban J connectivity index is 1.51. The van der Waals surface area contributed by atoms with Crippen molar-refractivity contribution in [1.29, 1.82) is 0 Å². The van der Waals surface area contributed by atoms with Crippen molar-refractivity contribution in [1.82, 2.24) is 5.01 Å². The number of methoxy groups -OCH3 is 1. The minimum absolute atomic E-state index is 0.0271. The summed E-state index contributed by atoms with van der Waals surface area (Å²) in [5, 5.41) is 19.1.